The van der Waals surface area contributed by atoms with Crippen molar-refractivity contribution in [1.82, 2.24) is 0 Å². The van der Waals surface area contributed by atoms with E-state index >= 15 is 0 Å². The Morgan fingerprint density at radius 1 is 1.06 bits per heavy atom. The molecule has 0 saturated heterocycles. The van der Waals surface area contributed by atoms with E-state index in [-0.39, 0.29) is 17.3 Å². The summed E-state index contributed by atoms with van der Waals surface area (Å²) in [5.41, 5.74) is -0.385. The molecule has 4 heteroatoms. The Labute approximate surface area is 201 Å². The number of ketones is 1. The van der Waals surface area contributed by atoms with Crippen molar-refractivity contribution >= 4 is 5.78 Å². The van der Waals surface area contributed by atoms with E-state index in [9.17, 15) is 9.90 Å². The molecule has 5 rings (SSSR count). The largest absolute Gasteiger partial charge is 0.389 e. The minimum Gasteiger partial charge on any atom is -0.389 e. The van der Waals surface area contributed by atoms with E-state index < -0.39 is 5.60 Å². The number of aliphatic hydroxyl groups is 1. The van der Waals surface area contributed by atoms with Crippen molar-refractivity contribution in [1.29, 1.82) is 0 Å². The van der Waals surface area contributed by atoms with Gasteiger partial charge >= 0.3 is 0 Å². The van der Waals surface area contributed by atoms with Crippen LogP contribution >= 0.6 is 0 Å². The minimum atomic E-state index is -0.789. The molecule has 5 saturated carbocycles. The summed E-state index contributed by atoms with van der Waals surface area (Å²) in [6.45, 7) is 12.1. The third kappa shape index (κ3) is 3.51. The Morgan fingerprint density at radius 2 is 1.79 bits per heavy atom. The maximum absolute atomic E-state index is 14.3. The van der Waals surface area contributed by atoms with Gasteiger partial charge in [0.05, 0.1) is 17.6 Å². The van der Waals surface area contributed by atoms with Gasteiger partial charge in [0.15, 0.2) is 0 Å². The van der Waals surface area contributed by atoms with Gasteiger partial charge in [-0.3, -0.25) is 4.79 Å². The summed E-state index contributed by atoms with van der Waals surface area (Å²) in [4.78, 5) is 14.3. The fraction of sp³-hybridized carbons (Fsp3) is 0.966. The van der Waals surface area contributed by atoms with Crippen LogP contribution in [-0.4, -0.2) is 36.5 Å². The third-order valence-electron chi connectivity index (χ3n) is 11.6. The predicted molar refractivity (Wildman–Crippen MR) is 129 cm³/mol. The zero-order valence-corrected chi connectivity index (χ0v) is 21.9. The number of carbonyl (C=O) groups is 1. The molecule has 0 unspecified atom stereocenters. The molecule has 0 aliphatic heterocycles. The van der Waals surface area contributed by atoms with Gasteiger partial charge in [-0.2, -0.15) is 0 Å². The molecule has 5 fully saturated rings. The molecule has 0 radical (unpaired) electrons. The Kier molecular flexibility index (Phi) is 6.10. The highest BCUT2D eigenvalue weighted by atomic mass is 16.7. The van der Waals surface area contributed by atoms with Crippen LogP contribution in [0.2, 0.25) is 0 Å². The highest BCUT2D eigenvalue weighted by Gasteiger charge is 2.71. The molecule has 4 nitrogen and oxygen atoms in total. The summed E-state index contributed by atoms with van der Waals surface area (Å²) >= 11 is 0. The van der Waals surface area contributed by atoms with Crippen LogP contribution in [0.1, 0.15) is 92.4 Å². The van der Waals surface area contributed by atoms with E-state index in [1.54, 1.807) is 7.11 Å². The van der Waals surface area contributed by atoms with Crippen LogP contribution in [0.4, 0.5) is 0 Å². The van der Waals surface area contributed by atoms with E-state index in [4.69, 9.17) is 9.47 Å². The number of carbonyl (C=O) groups excluding carboxylic acids is 1. The first-order valence-electron chi connectivity index (χ1n) is 13.9. The van der Waals surface area contributed by atoms with Gasteiger partial charge in [0.1, 0.15) is 12.6 Å². The van der Waals surface area contributed by atoms with Gasteiger partial charge in [-0.05, 0) is 104 Å². The molecule has 11 atom stereocenters. The van der Waals surface area contributed by atoms with Crippen molar-refractivity contribution in [3.63, 3.8) is 0 Å². The first kappa shape index (κ1) is 24.3. The number of methoxy groups -OCH3 is 1. The van der Waals surface area contributed by atoms with Crippen molar-refractivity contribution in [2.75, 3.05) is 13.9 Å². The SMILES string of the molecule is COCO[C@H]1CC[C@@]2(C)[C@@H](CC[C@H]3[C@H]4C(=O)[C@H]5[C@H]([C@H](C)C[C@]5(O)CC(C)C)[C@@]4(C)CC[C@@H]32)C1. The zero-order valence-electron chi connectivity index (χ0n) is 21.9. The lowest BCUT2D eigenvalue weighted by Gasteiger charge is -2.60. The topological polar surface area (TPSA) is 55.8 Å². The smallest absolute Gasteiger partial charge is 0.146 e. The van der Waals surface area contributed by atoms with Crippen LogP contribution in [0.15, 0.2) is 0 Å². The van der Waals surface area contributed by atoms with E-state index in [1.807, 2.05) is 0 Å². The molecule has 0 aromatic carbocycles. The first-order valence-corrected chi connectivity index (χ1v) is 13.9. The molecule has 33 heavy (non-hydrogen) atoms. The van der Waals surface area contributed by atoms with Gasteiger partial charge in [-0.15, -0.1) is 0 Å². The highest BCUT2D eigenvalue weighted by molar-refractivity contribution is 5.89. The average Bonchev–Trinajstić information content (AvgIpc) is 3.15. The lowest BCUT2D eigenvalue weighted by molar-refractivity contribution is -0.160. The van der Waals surface area contributed by atoms with Crippen molar-refractivity contribution in [2.24, 2.45) is 58.2 Å². The molecular formula is C29H48O4. The predicted octanol–water partition coefficient (Wildman–Crippen LogP) is 5.86. The molecule has 5 aliphatic rings. The number of hydrogen-bond acceptors (Lipinski definition) is 4. The third-order valence-corrected chi connectivity index (χ3v) is 11.6. The monoisotopic (exact) mass is 460 g/mol. The van der Waals surface area contributed by atoms with Crippen LogP contribution in [0, 0.1) is 58.2 Å². The molecule has 0 heterocycles. The number of fused-ring (bicyclic) bond motifs is 7. The molecule has 0 aromatic heterocycles. The molecular weight excluding hydrogens is 412 g/mol. The van der Waals surface area contributed by atoms with Crippen LogP contribution < -0.4 is 0 Å². The van der Waals surface area contributed by atoms with E-state index in [1.165, 1.54) is 32.1 Å². The van der Waals surface area contributed by atoms with Crippen molar-refractivity contribution in [3.05, 3.63) is 0 Å². The second-order valence-electron chi connectivity index (χ2n) is 13.8. The van der Waals surface area contributed by atoms with Gasteiger partial charge in [0, 0.05) is 13.0 Å². The summed E-state index contributed by atoms with van der Waals surface area (Å²) < 4.78 is 11.1. The van der Waals surface area contributed by atoms with Gasteiger partial charge in [0.25, 0.3) is 0 Å². The number of Topliss-reactive ketones (excluding diaryl/α,β-unsaturated/α-hetero) is 1. The van der Waals surface area contributed by atoms with Crippen LogP contribution in [0.25, 0.3) is 0 Å². The molecule has 0 spiro atoms. The Morgan fingerprint density at radius 3 is 2.48 bits per heavy atom. The average molecular weight is 461 g/mol. The summed E-state index contributed by atoms with van der Waals surface area (Å²) in [6, 6.07) is 0. The number of hydrogen-bond donors (Lipinski definition) is 1. The molecule has 5 aliphatic carbocycles. The Bertz CT molecular complexity index is 765. The van der Waals surface area contributed by atoms with Crippen LogP contribution in [-0.2, 0) is 14.3 Å². The normalized spacial score (nSPS) is 53.5. The summed E-state index contributed by atoms with van der Waals surface area (Å²) in [5.74, 6) is 3.56. The number of rotatable bonds is 5. The van der Waals surface area contributed by atoms with Crippen molar-refractivity contribution in [2.45, 2.75) is 104 Å². The second kappa shape index (κ2) is 8.30. The van der Waals surface area contributed by atoms with E-state index in [2.05, 4.69) is 34.6 Å². The Balaban J connectivity index is 1.41. The lowest BCUT2D eigenvalue weighted by atomic mass is 9.44. The molecule has 0 bridgehead atoms. The lowest BCUT2D eigenvalue weighted by Crippen LogP contribution is -2.55. The van der Waals surface area contributed by atoms with Crippen molar-refractivity contribution in [3.8, 4) is 0 Å². The van der Waals surface area contributed by atoms with Gasteiger partial charge in [-0.25, -0.2) is 0 Å². The molecule has 0 amide bonds. The molecule has 0 aromatic rings. The molecule has 1 N–H and O–H groups in total. The van der Waals surface area contributed by atoms with Crippen molar-refractivity contribution < 1.29 is 19.4 Å². The highest BCUT2D eigenvalue weighted by Crippen LogP contribution is 2.71. The fourth-order valence-electron chi connectivity index (χ4n) is 10.7. The summed E-state index contributed by atoms with van der Waals surface area (Å²) in [6.07, 6.45) is 10.2. The van der Waals surface area contributed by atoms with Crippen LogP contribution in [0.3, 0.4) is 0 Å². The Hall–Kier alpha value is -0.450. The second-order valence-corrected chi connectivity index (χ2v) is 13.8. The zero-order chi connectivity index (χ0) is 23.8. The number of ether oxygens (including phenoxy) is 2. The van der Waals surface area contributed by atoms with Gasteiger partial charge in [0.2, 0.25) is 0 Å². The van der Waals surface area contributed by atoms with E-state index in [0.717, 1.165) is 25.7 Å². The van der Waals surface area contributed by atoms with Gasteiger partial charge in [-0.1, -0.05) is 34.6 Å². The maximum Gasteiger partial charge on any atom is 0.146 e. The maximum atomic E-state index is 14.3. The van der Waals surface area contributed by atoms with Gasteiger partial charge < -0.3 is 14.6 Å². The minimum absolute atomic E-state index is 0.0752. The van der Waals surface area contributed by atoms with Crippen LogP contribution in [0.5, 0.6) is 0 Å². The standard InChI is InChI=1S/C29H48O4/c1-17(2)14-29(31)15-18(3)23-25(29)26(30)24-21-8-7-19-13-20(33-16-32-6)9-11-27(19,4)22(21)10-12-28(23,24)5/h17-25,31H,7-16H2,1-6H3/t18-,19+,20+,21-,22+,23+,24+,25-,27+,28-,29-/m1/s1. The van der Waals surface area contributed by atoms with E-state index in [0.29, 0.717) is 59.6 Å². The first-order chi connectivity index (χ1) is 15.5. The fourth-order valence-corrected chi connectivity index (χ4v) is 10.7. The molecule has 188 valence electrons. The summed E-state index contributed by atoms with van der Waals surface area (Å²) in [7, 11) is 1.70. The summed E-state index contributed by atoms with van der Waals surface area (Å²) in [5, 5.41) is 11.8. The quantitative estimate of drug-likeness (QED) is 0.522.